The minimum Gasteiger partial charge on any atom is -0.460 e. The summed E-state index contributed by atoms with van der Waals surface area (Å²) in [7, 11) is 0. The molecule has 0 atom stereocenters. The first kappa shape index (κ1) is 10.1. The molecule has 0 saturated heterocycles. The zero-order valence-electron chi connectivity index (χ0n) is 8.85. The molecule has 0 spiro atoms. The molecule has 1 heterocycles. The first-order chi connectivity index (χ1) is 7.33. The number of ether oxygens (including phenoxy) is 1. The normalized spacial score (nSPS) is 16.9. The van der Waals surface area contributed by atoms with Crippen LogP contribution in [-0.2, 0) is 4.74 Å². The number of aromatic nitrogens is 3. The summed E-state index contributed by atoms with van der Waals surface area (Å²) in [6, 6.07) is 0.374. The van der Waals surface area contributed by atoms with Gasteiger partial charge in [0, 0.05) is 6.04 Å². The van der Waals surface area contributed by atoms with Gasteiger partial charge in [-0.15, -0.1) is 10.2 Å². The van der Waals surface area contributed by atoms with Gasteiger partial charge >= 0.3 is 5.97 Å². The topological polar surface area (TPSA) is 57.0 Å². The Morgan fingerprint density at radius 2 is 2.33 bits per heavy atom. The summed E-state index contributed by atoms with van der Waals surface area (Å²) in [5.74, 6) is -0.0364. The Bertz CT molecular complexity index is 342. The van der Waals surface area contributed by atoms with E-state index in [4.69, 9.17) is 4.74 Å². The number of nitrogens with zero attached hydrogens (tertiary/aromatic N) is 3. The maximum atomic E-state index is 11.5. The molecule has 1 aliphatic carbocycles. The van der Waals surface area contributed by atoms with Crippen LogP contribution in [0.1, 0.15) is 49.3 Å². The SMILES string of the molecule is CCOC(=O)c1nncn1C1CCCC1. The Kier molecular flexibility index (Phi) is 2.99. The van der Waals surface area contributed by atoms with Gasteiger partial charge in [0.15, 0.2) is 0 Å². The molecule has 0 aromatic carbocycles. The third kappa shape index (κ3) is 2.00. The van der Waals surface area contributed by atoms with E-state index < -0.39 is 0 Å². The fourth-order valence-electron chi connectivity index (χ4n) is 2.03. The Hall–Kier alpha value is -1.39. The average molecular weight is 209 g/mol. The number of hydrogen-bond acceptors (Lipinski definition) is 4. The Morgan fingerprint density at radius 1 is 1.60 bits per heavy atom. The van der Waals surface area contributed by atoms with Crippen molar-refractivity contribution >= 4 is 5.97 Å². The fraction of sp³-hybridized carbons (Fsp3) is 0.700. The number of hydrogen-bond donors (Lipinski definition) is 0. The standard InChI is InChI=1S/C10H15N3O2/c1-2-15-10(14)9-12-11-7-13(9)8-5-3-4-6-8/h7-8H,2-6H2,1H3. The summed E-state index contributed by atoms with van der Waals surface area (Å²) >= 11 is 0. The van der Waals surface area contributed by atoms with Gasteiger partial charge < -0.3 is 9.30 Å². The van der Waals surface area contributed by atoms with E-state index in [0.717, 1.165) is 12.8 Å². The van der Waals surface area contributed by atoms with Crippen LogP contribution in [0.3, 0.4) is 0 Å². The van der Waals surface area contributed by atoms with Crippen LogP contribution in [-0.4, -0.2) is 27.3 Å². The summed E-state index contributed by atoms with van der Waals surface area (Å²) in [5.41, 5.74) is 0. The summed E-state index contributed by atoms with van der Waals surface area (Å²) in [6.07, 6.45) is 6.26. The molecule has 15 heavy (non-hydrogen) atoms. The molecule has 1 saturated carbocycles. The predicted molar refractivity (Wildman–Crippen MR) is 53.5 cm³/mol. The first-order valence-corrected chi connectivity index (χ1v) is 5.39. The van der Waals surface area contributed by atoms with Gasteiger partial charge in [0.1, 0.15) is 6.33 Å². The highest BCUT2D eigenvalue weighted by Gasteiger charge is 2.23. The van der Waals surface area contributed by atoms with Crippen LogP contribution in [0.2, 0.25) is 0 Å². The van der Waals surface area contributed by atoms with Crippen LogP contribution >= 0.6 is 0 Å². The highest BCUT2D eigenvalue weighted by molar-refractivity contribution is 5.85. The van der Waals surface area contributed by atoms with Crippen molar-refractivity contribution in [2.45, 2.75) is 38.6 Å². The van der Waals surface area contributed by atoms with Crippen molar-refractivity contribution in [3.05, 3.63) is 12.2 Å². The van der Waals surface area contributed by atoms with Gasteiger partial charge in [0.25, 0.3) is 0 Å². The Labute approximate surface area is 88.4 Å². The largest absolute Gasteiger partial charge is 0.460 e. The minimum atomic E-state index is -0.373. The van der Waals surface area contributed by atoms with E-state index in [1.807, 2.05) is 4.57 Å². The van der Waals surface area contributed by atoms with Crippen molar-refractivity contribution in [3.63, 3.8) is 0 Å². The van der Waals surface area contributed by atoms with E-state index in [9.17, 15) is 4.79 Å². The quantitative estimate of drug-likeness (QED) is 0.709. The molecule has 1 fully saturated rings. The van der Waals surface area contributed by atoms with Crippen LogP contribution in [0, 0.1) is 0 Å². The van der Waals surface area contributed by atoms with Gasteiger partial charge in [0.2, 0.25) is 5.82 Å². The summed E-state index contributed by atoms with van der Waals surface area (Å²) in [5, 5.41) is 7.60. The second-order valence-corrected chi connectivity index (χ2v) is 3.72. The van der Waals surface area contributed by atoms with Crippen LogP contribution in [0.4, 0.5) is 0 Å². The molecule has 1 aromatic rings. The van der Waals surface area contributed by atoms with E-state index in [-0.39, 0.29) is 5.97 Å². The van der Waals surface area contributed by atoms with Crippen molar-refractivity contribution < 1.29 is 9.53 Å². The maximum Gasteiger partial charge on any atom is 0.376 e. The lowest BCUT2D eigenvalue weighted by Gasteiger charge is -2.12. The molecule has 1 aromatic heterocycles. The van der Waals surface area contributed by atoms with Crippen LogP contribution < -0.4 is 0 Å². The summed E-state index contributed by atoms with van der Waals surface area (Å²) in [4.78, 5) is 11.5. The lowest BCUT2D eigenvalue weighted by Crippen LogP contribution is -2.15. The van der Waals surface area contributed by atoms with Crippen molar-refractivity contribution in [1.29, 1.82) is 0 Å². The van der Waals surface area contributed by atoms with Crippen LogP contribution in [0.5, 0.6) is 0 Å². The second-order valence-electron chi connectivity index (χ2n) is 3.72. The van der Waals surface area contributed by atoms with Crippen molar-refractivity contribution in [1.82, 2.24) is 14.8 Å². The molecule has 0 unspecified atom stereocenters. The molecule has 0 N–H and O–H groups in total. The molecule has 0 bridgehead atoms. The molecular weight excluding hydrogens is 194 g/mol. The van der Waals surface area contributed by atoms with Gasteiger partial charge in [-0.1, -0.05) is 12.8 Å². The third-order valence-electron chi connectivity index (χ3n) is 2.75. The fourth-order valence-corrected chi connectivity index (χ4v) is 2.03. The zero-order chi connectivity index (χ0) is 10.7. The highest BCUT2D eigenvalue weighted by Crippen LogP contribution is 2.29. The van der Waals surface area contributed by atoms with Crippen LogP contribution in [0.25, 0.3) is 0 Å². The number of esters is 1. The Morgan fingerprint density at radius 3 is 3.00 bits per heavy atom. The molecule has 82 valence electrons. The second kappa shape index (κ2) is 4.42. The summed E-state index contributed by atoms with van der Waals surface area (Å²) in [6.45, 7) is 2.16. The van der Waals surface area contributed by atoms with Crippen molar-refractivity contribution in [2.75, 3.05) is 6.61 Å². The summed E-state index contributed by atoms with van der Waals surface area (Å²) < 4.78 is 6.78. The average Bonchev–Trinajstić information content (AvgIpc) is 2.88. The van der Waals surface area contributed by atoms with Crippen molar-refractivity contribution in [2.24, 2.45) is 0 Å². The number of carbonyl (C=O) groups excluding carboxylic acids is 1. The van der Waals surface area contributed by atoms with Crippen LogP contribution in [0.15, 0.2) is 6.33 Å². The molecule has 0 radical (unpaired) electrons. The molecule has 0 amide bonds. The monoisotopic (exact) mass is 209 g/mol. The number of rotatable bonds is 3. The lowest BCUT2D eigenvalue weighted by molar-refractivity contribution is 0.0503. The number of carbonyl (C=O) groups is 1. The van der Waals surface area contributed by atoms with Gasteiger partial charge in [0.05, 0.1) is 6.61 Å². The minimum absolute atomic E-state index is 0.337. The van der Waals surface area contributed by atoms with E-state index in [2.05, 4.69) is 10.2 Å². The van der Waals surface area contributed by atoms with E-state index >= 15 is 0 Å². The lowest BCUT2D eigenvalue weighted by atomic mass is 10.2. The Balaban J connectivity index is 2.17. The molecule has 1 aliphatic rings. The van der Waals surface area contributed by atoms with Gasteiger partial charge in [-0.05, 0) is 19.8 Å². The molecule has 2 rings (SSSR count). The van der Waals surface area contributed by atoms with E-state index in [0.29, 0.717) is 18.5 Å². The molecule has 5 nitrogen and oxygen atoms in total. The van der Waals surface area contributed by atoms with E-state index in [1.54, 1.807) is 13.3 Å². The molecule has 0 aliphatic heterocycles. The van der Waals surface area contributed by atoms with Gasteiger partial charge in [-0.2, -0.15) is 0 Å². The van der Waals surface area contributed by atoms with Gasteiger partial charge in [-0.3, -0.25) is 0 Å². The molecule has 5 heteroatoms. The maximum absolute atomic E-state index is 11.5. The highest BCUT2D eigenvalue weighted by atomic mass is 16.5. The molecular formula is C10H15N3O2. The predicted octanol–water partition coefficient (Wildman–Crippen LogP) is 1.57. The zero-order valence-corrected chi connectivity index (χ0v) is 8.85. The smallest absolute Gasteiger partial charge is 0.376 e. The third-order valence-corrected chi connectivity index (χ3v) is 2.75. The first-order valence-electron chi connectivity index (χ1n) is 5.39. The van der Waals surface area contributed by atoms with Gasteiger partial charge in [-0.25, -0.2) is 4.79 Å². The van der Waals surface area contributed by atoms with Crippen molar-refractivity contribution in [3.8, 4) is 0 Å². The van der Waals surface area contributed by atoms with E-state index in [1.165, 1.54) is 12.8 Å².